The molecule has 2 rings (SSSR count). The van der Waals surface area contributed by atoms with E-state index in [4.69, 9.17) is 0 Å². The first-order valence-electron chi connectivity index (χ1n) is 6.75. The Balaban J connectivity index is 1.97. The van der Waals surface area contributed by atoms with Crippen molar-refractivity contribution in [3.8, 4) is 0 Å². The van der Waals surface area contributed by atoms with E-state index in [-0.39, 0.29) is 0 Å². The van der Waals surface area contributed by atoms with Gasteiger partial charge in [-0.25, -0.2) is 4.98 Å². The monoisotopic (exact) mass is 233 g/mol. The number of hydrogen-bond acceptors (Lipinski definition) is 3. The zero-order valence-electron chi connectivity index (χ0n) is 10.9. The van der Waals surface area contributed by atoms with E-state index in [0.29, 0.717) is 12.1 Å². The standard InChI is InChI=1S/C14H23N3/c1-3-11(2)17-14-8-7-12(10-16-14)13-6-4-5-9-15-13/h7-8,10-11,13,15H,3-6,9H2,1-2H3,(H,16,17)/t11-,13-/m0/s1. The van der Waals surface area contributed by atoms with Gasteiger partial charge in [-0.05, 0) is 44.4 Å². The normalized spacial score (nSPS) is 22.1. The molecule has 0 radical (unpaired) electrons. The summed E-state index contributed by atoms with van der Waals surface area (Å²) in [4.78, 5) is 4.49. The van der Waals surface area contributed by atoms with Crippen molar-refractivity contribution in [3.63, 3.8) is 0 Å². The van der Waals surface area contributed by atoms with Crippen LogP contribution in [0.2, 0.25) is 0 Å². The second-order valence-electron chi connectivity index (χ2n) is 4.93. The van der Waals surface area contributed by atoms with Crippen LogP contribution in [-0.2, 0) is 0 Å². The van der Waals surface area contributed by atoms with Crippen LogP contribution in [0.1, 0.15) is 51.1 Å². The Hall–Kier alpha value is -1.09. The highest BCUT2D eigenvalue weighted by molar-refractivity contribution is 5.37. The number of aromatic nitrogens is 1. The molecule has 0 spiro atoms. The number of piperidine rings is 1. The molecule has 2 atom stereocenters. The first kappa shape index (κ1) is 12.4. The second-order valence-corrected chi connectivity index (χ2v) is 4.93. The molecule has 0 amide bonds. The van der Waals surface area contributed by atoms with E-state index in [1.165, 1.54) is 24.8 Å². The Morgan fingerprint density at radius 3 is 2.94 bits per heavy atom. The maximum Gasteiger partial charge on any atom is 0.126 e. The second kappa shape index (κ2) is 6.01. The molecule has 0 saturated carbocycles. The minimum absolute atomic E-state index is 0.487. The van der Waals surface area contributed by atoms with E-state index >= 15 is 0 Å². The quantitative estimate of drug-likeness (QED) is 0.839. The zero-order chi connectivity index (χ0) is 12.1. The molecule has 1 saturated heterocycles. The summed E-state index contributed by atoms with van der Waals surface area (Å²) in [7, 11) is 0. The number of nitrogens with one attached hydrogen (secondary N) is 2. The Morgan fingerprint density at radius 1 is 1.47 bits per heavy atom. The summed E-state index contributed by atoms with van der Waals surface area (Å²) in [5.41, 5.74) is 1.32. The van der Waals surface area contributed by atoms with Crippen molar-refractivity contribution < 1.29 is 0 Å². The van der Waals surface area contributed by atoms with Crippen molar-refractivity contribution >= 4 is 5.82 Å². The van der Waals surface area contributed by atoms with E-state index in [2.05, 4.69) is 41.6 Å². The molecule has 0 aromatic carbocycles. The topological polar surface area (TPSA) is 37.0 Å². The predicted octanol–water partition coefficient (Wildman–Crippen LogP) is 3.11. The van der Waals surface area contributed by atoms with Crippen LogP contribution in [-0.4, -0.2) is 17.6 Å². The highest BCUT2D eigenvalue weighted by Gasteiger charge is 2.14. The number of hydrogen-bond donors (Lipinski definition) is 2. The third-order valence-electron chi connectivity index (χ3n) is 3.51. The fourth-order valence-electron chi connectivity index (χ4n) is 2.19. The molecule has 3 heteroatoms. The lowest BCUT2D eigenvalue weighted by Gasteiger charge is -2.23. The molecule has 1 aliphatic rings. The molecule has 1 aromatic rings. The fraction of sp³-hybridized carbons (Fsp3) is 0.643. The van der Waals surface area contributed by atoms with Crippen LogP contribution >= 0.6 is 0 Å². The molecule has 2 heterocycles. The smallest absolute Gasteiger partial charge is 0.126 e. The van der Waals surface area contributed by atoms with Crippen molar-refractivity contribution in [2.45, 2.75) is 51.6 Å². The number of anilines is 1. The van der Waals surface area contributed by atoms with Crippen molar-refractivity contribution in [2.24, 2.45) is 0 Å². The van der Waals surface area contributed by atoms with Gasteiger partial charge in [0.25, 0.3) is 0 Å². The van der Waals surface area contributed by atoms with Crippen LogP contribution in [0.3, 0.4) is 0 Å². The summed E-state index contributed by atoms with van der Waals surface area (Å²) < 4.78 is 0. The van der Waals surface area contributed by atoms with Gasteiger partial charge in [0.2, 0.25) is 0 Å². The van der Waals surface area contributed by atoms with Crippen molar-refractivity contribution in [2.75, 3.05) is 11.9 Å². The van der Waals surface area contributed by atoms with Crippen molar-refractivity contribution in [1.82, 2.24) is 10.3 Å². The van der Waals surface area contributed by atoms with E-state index < -0.39 is 0 Å². The van der Waals surface area contributed by atoms with Gasteiger partial charge in [0, 0.05) is 18.3 Å². The third kappa shape index (κ3) is 3.43. The molecule has 94 valence electrons. The maximum absolute atomic E-state index is 4.49. The van der Waals surface area contributed by atoms with Gasteiger partial charge in [0.1, 0.15) is 5.82 Å². The summed E-state index contributed by atoms with van der Waals surface area (Å²) >= 11 is 0. The van der Waals surface area contributed by atoms with Crippen LogP contribution in [0.4, 0.5) is 5.82 Å². The van der Waals surface area contributed by atoms with Crippen LogP contribution in [0.15, 0.2) is 18.3 Å². The summed E-state index contributed by atoms with van der Waals surface area (Å²) in [5.74, 6) is 0.985. The lowest BCUT2D eigenvalue weighted by Crippen LogP contribution is -2.26. The Kier molecular flexibility index (Phi) is 4.37. The third-order valence-corrected chi connectivity index (χ3v) is 3.51. The molecule has 0 bridgehead atoms. The van der Waals surface area contributed by atoms with Gasteiger partial charge in [-0.1, -0.05) is 19.4 Å². The van der Waals surface area contributed by atoms with E-state index in [0.717, 1.165) is 18.8 Å². The summed E-state index contributed by atoms with van der Waals surface area (Å²) in [6, 6.07) is 5.29. The predicted molar refractivity (Wildman–Crippen MR) is 72.2 cm³/mol. The SMILES string of the molecule is CC[C@H](C)Nc1ccc([C@@H]2CCCCN2)cn1. The maximum atomic E-state index is 4.49. The van der Waals surface area contributed by atoms with E-state index in [1.807, 2.05) is 6.20 Å². The minimum Gasteiger partial charge on any atom is -0.368 e. The van der Waals surface area contributed by atoms with Gasteiger partial charge in [0.15, 0.2) is 0 Å². The molecule has 1 fully saturated rings. The Labute approximate surface area is 104 Å². The molecule has 17 heavy (non-hydrogen) atoms. The van der Waals surface area contributed by atoms with Crippen LogP contribution < -0.4 is 10.6 Å². The molecule has 0 aliphatic carbocycles. The first-order valence-corrected chi connectivity index (χ1v) is 6.75. The average Bonchev–Trinajstić information content (AvgIpc) is 2.40. The average molecular weight is 233 g/mol. The fourth-order valence-corrected chi connectivity index (χ4v) is 2.19. The molecular weight excluding hydrogens is 210 g/mol. The van der Waals surface area contributed by atoms with E-state index in [1.54, 1.807) is 0 Å². The van der Waals surface area contributed by atoms with Gasteiger partial charge in [0.05, 0.1) is 0 Å². The highest BCUT2D eigenvalue weighted by atomic mass is 15.0. The number of rotatable bonds is 4. The van der Waals surface area contributed by atoms with Gasteiger partial charge >= 0.3 is 0 Å². The molecule has 1 aromatic heterocycles. The Bertz CT molecular complexity index is 328. The number of pyridine rings is 1. The highest BCUT2D eigenvalue weighted by Crippen LogP contribution is 2.22. The lowest BCUT2D eigenvalue weighted by atomic mass is 9.99. The lowest BCUT2D eigenvalue weighted by molar-refractivity contribution is 0.411. The van der Waals surface area contributed by atoms with Gasteiger partial charge < -0.3 is 10.6 Å². The minimum atomic E-state index is 0.487. The van der Waals surface area contributed by atoms with Gasteiger partial charge in [-0.2, -0.15) is 0 Å². The first-order chi connectivity index (χ1) is 8.29. The van der Waals surface area contributed by atoms with Gasteiger partial charge in [-0.3, -0.25) is 0 Å². The van der Waals surface area contributed by atoms with Gasteiger partial charge in [-0.15, -0.1) is 0 Å². The van der Waals surface area contributed by atoms with Crippen molar-refractivity contribution in [3.05, 3.63) is 23.9 Å². The summed E-state index contributed by atoms with van der Waals surface area (Å²) in [6.07, 6.45) is 6.99. The molecule has 1 aliphatic heterocycles. The molecule has 2 N–H and O–H groups in total. The molecule has 3 nitrogen and oxygen atoms in total. The zero-order valence-corrected chi connectivity index (χ0v) is 10.9. The number of nitrogens with zero attached hydrogens (tertiary/aromatic N) is 1. The largest absolute Gasteiger partial charge is 0.368 e. The van der Waals surface area contributed by atoms with E-state index in [9.17, 15) is 0 Å². The Morgan fingerprint density at radius 2 is 2.35 bits per heavy atom. The van der Waals surface area contributed by atoms with Crippen LogP contribution in [0.25, 0.3) is 0 Å². The summed E-state index contributed by atoms with van der Waals surface area (Å²) in [6.45, 7) is 5.49. The van der Waals surface area contributed by atoms with Crippen molar-refractivity contribution in [1.29, 1.82) is 0 Å². The summed E-state index contributed by atoms with van der Waals surface area (Å²) in [5, 5.41) is 6.94. The molecule has 0 unspecified atom stereocenters. The van der Waals surface area contributed by atoms with Crippen LogP contribution in [0, 0.1) is 0 Å². The van der Waals surface area contributed by atoms with Crippen LogP contribution in [0.5, 0.6) is 0 Å². The molecular formula is C14H23N3.